The summed E-state index contributed by atoms with van der Waals surface area (Å²) in [5.74, 6) is 0.396. The molecular weight excluding hydrogens is 468 g/mol. The summed E-state index contributed by atoms with van der Waals surface area (Å²) in [7, 11) is -3.81. The molecule has 4 rings (SSSR count). The van der Waals surface area contributed by atoms with E-state index >= 15 is 0 Å². The number of sulfonamides is 1. The molecule has 2 aromatic carbocycles. The zero-order valence-electron chi connectivity index (χ0n) is 19.2. The van der Waals surface area contributed by atoms with Crippen LogP contribution in [0, 0.1) is 0 Å². The molecule has 10 heteroatoms. The molecule has 0 aliphatic heterocycles. The molecule has 182 valence electrons. The second-order valence-electron chi connectivity index (χ2n) is 8.28. The Balaban J connectivity index is 1.34. The van der Waals surface area contributed by atoms with Crippen LogP contribution < -0.4 is 20.1 Å². The summed E-state index contributed by atoms with van der Waals surface area (Å²) >= 11 is 0. The highest BCUT2D eigenvalue weighted by atomic mass is 32.2. The highest BCUT2D eigenvalue weighted by molar-refractivity contribution is 7.92. The molecule has 35 heavy (non-hydrogen) atoms. The van der Waals surface area contributed by atoms with Gasteiger partial charge in [0.15, 0.2) is 0 Å². The first-order chi connectivity index (χ1) is 16.8. The van der Waals surface area contributed by atoms with Crippen molar-refractivity contribution < 1.29 is 22.7 Å². The minimum absolute atomic E-state index is 0.0631. The summed E-state index contributed by atoms with van der Waals surface area (Å²) in [5.41, 5.74) is 1.34. The number of aromatic nitrogens is 1. The zero-order chi connectivity index (χ0) is 24.8. The molecule has 0 atom stereocenters. The quantitative estimate of drug-likeness (QED) is 0.428. The number of hydrogen-bond donors (Lipinski definition) is 3. The van der Waals surface area contributed by atoms with Crippen molar-refractivity contribution in [3.8, 4) is 11.6 Å². The normalized spacial score (nSPS) is 13.7. The summed E-state index contributed by atoms with van der Waals surface area (Å²) in [6, 6.07) is 15.7. The van der Waals surface area contributed by atoms with Crippen LogP contribution in [0.3, 0.4) is 0 Å². The van der Waals surface area contributed by atoms with Crippen LogP contribution in [0.25, 0.3) is 0 Å². The van der Waals surface area contributed by atoms with Gasteiger partial charge in [-0.3, -0.25) is 14.3 Å². The van der Waals surface area contributed by atoms with Gasteiger partial charge in [-0.2, -0.15) is 0 Å². The molecule has 3 N–H and O–H groups in total. The molecule has 2 amide bonds. The molecule has 1 aliphatic carbocycles. The number of carbonyl (C=O) groups excluding carboxylic acids is 2. The van der Waals surface area contributed by atoms with E-state index in [9.17, 15) is 18.0 Å². The van der Waals surface area contributed by atoms with Gasteiger partial charge in [0, 0.05) is 36.6 Å². The molecule has 1 aliphatic rings. The van der Waals surface area contributed by atoms with Crippen molar-refractivity contribution in [1.29, 1.82) is 0 Å². The average molecular weight is 495 g/mol. The number of nitrogens with one attached hydrogen (secondary N) is 3. The molecule has 1 heterocycles. The number of hydrogen-bond acceptors (Lipinski definition) is 6. The minimum Gasteiger partial charge on any atom is -0.439 e. The summed E-state index contributed by atoms with van der Waals surface area (Å²) in [5, 5.41) is 5.61. The van der Waals surface area contributed by atoms with E-state index < -0.39 is 10.0 Å². The Bertz CT molecular complexity index is 1290. The SMILES string of the molecule is CC(=O)Nc1ccc(S(=O)(=O)Nc2ccc(Oc3ccc(C(=O)NC4CCCC4)cn3)cc2)cc1. The van der Waals surface area contributed by atoms with Crippen molar-refractivity contribution in [2.45, 2.75) is 43.5 Å². The van der Waals surface area contributed by atoms with E-state index in [-0.39, 0.29) is 22.8 Å². The van der Waals surface area contributed by atoms with E-state index in [4.69, 9.17) is 4.74 Å². The monoisotopic (exact) mass is 494 g/mol. The number of carbonyl (C=O) groups is 2. The van der Waals surface area contributed by atoms with Crippen LogP contribution in [-0.4, -0.2) is 31.3 Å². The van der Waals surface area contributed by atoms with Crippen LogP contribution >= 0.6 is 0 Å². The van der Waals surface area contributed by atoms with Gasteiger partial charge in [0.05, 0.1) is 10.5 Å². The van der Waals surface area contributed by atoms with Crippen LogP contribution in [-0.2, 0) is 14.8 Å². The number of amides is 2. The number of benzene rings is 2. The second-order valence-corrected chi connectivity index (χ2v) is 9.96. The van der Waals surface area contributed by atoms with Crippen molar-refractivity contribution in [3.05, 3.63) is 72.4 Å². The van der Waals surface area contributed by atoms with Gasteiger partial charge in [0.2, 0.25) is 11.8 Å². The molecule has 1 fully saturated rings. The molecule has 0 radical (unpaired) electrons. The molecular formula is C25H26N4O5S. The fourth-order valence-corrected chi connectivity index (χ4v) is 4.82. The van der Waals surface area contributed by atoms with Gasteiger partial charge in [-0.15, -0.1) is 0 Å². The lowest BCUT2D eigenvalue weighted by Crippen LogP contribution is -2.32. The predicted molar refractivity (Wildman–Crippen MR) is 132 cm³/mol. The Labute approximate surface area is 204 Å². The van der Waals surface area contributed by atoms with Crippen molar-refractivity contribution in [2.24, 2.45) is 0 Å². The molecule has 0 spiro atoms. The van der Waals surface area contributed by atoms with Gasteiger partial charge < -0.3 is 15.4 Å². The predicted octanol–water partition coefficient (Wildman–Crippen LogP) is 4.31. The van der Waals surface area contributed by atoms with Gasteiger partial charge in [-0.25, -0.2) is 13.4 Å². The highest BCUT2D eigenvalue weighted by Gasteiger charge is 2.18. The van der Waals surface area contributed by atoms with E-state index in [1.165, 1.54) is 37.4 Å². The fraction of sp³-hybridized carbons (Fsp3) is 0.240. The highest BCUT2D eigenvalue weighted by Crippen LogP contribution is 2.24. The van der Waals surface area contributed by atoms with Gasteiger partial charge in [-0.05, 0) is 67.4 Å². The number of rotatable bonds is 8. The van der Waals surface area contributed by atoms with Gasteiger partial charge in [0.25, 0.3) is 15.9 Å². The summed E-state index contributed by atoms with van der Waals surface area (Å²) < 4.78 is 33.5. The molecule has 1 saturated carbocycles. The largest absolute Gasteiger partial charge is 0.439 e. The van der Waals surface area contributed by atoms with Crippen LogP contribution in [0.1, 0.15) is 43.0 Å². The van der Waals surface area contributed by atoms with Gasteiger partial charge >= 0.3 is 0 Å². The lowest BCUT2D eigenvalue weighted by Gasteiger charge is -2.12. The average Bonchev–Trinajstić information content (AvgIpc) is 3.34. The Morgan fingerprint density at radius 3 is 2.17 bits per heavy atom. The standard InChI is InChI=1S/C25H26N4O5S/c1-17(30)27-20-9-13-23(14-10-20)35(32,33)29-21-7-11-22(12-8-21)34-24-15-6-18(16-26-24)25(31)28-19-4-2-3-5-19/h6-16,19,29H,2-5H2,1H3,(H,27,30)(H,28,31). The summed E-state index contributed by atoms with van der Waals surface area (Å²) in [4.78, 5) is 27.7. The first-order valence-electron chi connectivity index (χ1n) is 11.2. The van der Waals surface area contributed by atoms with Crippen LogP contribution in [0.2, 0.25) is 0 Å². The van der Waals surface area contributed by atoms with E-state index in [0.29, 0.717) is 28.6 Å². The molecule has 3 aromatic rings. The lowest BCUT2D eigenvalue weighted by atomic mass is 10.2. The smallest absolute Gasteiger partial charge is 0.261 e. The van der Waals surface area contributed by atoms with E-state index in [1.807, 2.05) is 0 Å². The molecule has 9 nitrogen and oxygen atoms in total. The maximum atomic E-state index is 12.6. The maximum Gasteiger partial charge on any atom is 0.261 e. The number of nitrogens with zero attached hydrogens (tertiary/aromatic N) is 1. The Kier molecular flexibility index (Phi) is 7.31. The van der Waals surface area contributed by atoms with Gasteiger partial charge in [0.1, 0.15) is 5.75 Å². The van der Waals surface area contributed by atoms with E-state index in [1.54, 1.807) is 36.4 Å². The second kappa shape index (κ2) is 10.6. The lowest BCUT2D eigenvalue weighted by molar-refractivity contribution is -0.114. The first-order valence-corrected chi connectivity index (χ1v) is 12.7. The fourth-order valence-electron chi connectivity index (χ4n) is 3.76. The van der Waals surface area contributed by atoms with Crippen molar-refractivity contribution in [1.82, 2.24) is 10.3 Å². The summed E-state index contributed by atoms with van der Waals surface area (Å²) in [6.07, 6.45) is 5.78. The molecule has 0 bridgehead atoms. The van der Waals surface area contributed by atoms with E-state index in [2.05, 4.69) is 20.3 Å². The van der Waals surface area contributed by atoms with Crippen molar-refractivity contribution in [2.75, 3.05) is 10.0 Å². The van der Waals surface area contributed by atoms with Crippen molar-refractivity contribution in [3.63, 3.8) is 0 Å². The first kappa shape index (κ1) is 24.2. The number of pyridine rings is 1. The number of anilines is 2. The number of ether oxygens (including phenoxy) is 1. The van der Waals surface area contributed by atoms with E-state index in [0.717, 1.165) is 25.7 Å². The molecule has 0 saturated heterocycles. The topological polar surface area (TPSA) is 126 Å². The zero-order valence-corrected chi connectivity index (χ0v) is 20.0. The molecule has 0 unspecified atom stereocenters. The van der Waals surface area contributed by atoms with Crippen LogP contribution in [0.4, 0.5) is 11.4 Å². The minimum atomic E-state index is -3.81. The van der Waals surface area contributed by atoms with Crippen LogP contribution in [0.5, 0.6) is 11.6 Å². The summed E-state index contributed by atoms with van der Waals surface area (Å²) in [6.45, 7) is 1.38. The van der Waals surface area contributed by atoms with Crippen molar-refractivity contribution >= 4 is 33.2 Å². The van der Waals surface area contributed by atoms with Crippen LogP contribution in [0.15, 0.2) is 71.8 Å². The molecule has 1 aromatic heterocycles. The third-order valence-electron chi connectivity index (χ3n) is 5.50. The Morgan fingerprint density at radius 2 is 1.57 bits per heavy atom. The Morgan fingerprint density at radius 1 is 0.914 bits per heavy atom. The maximum absolute atomic E-state index is 12.6. The van der Waals surface area contributed by atoms with Gasteiger partial charge in [-0.1, -0.05) is 12.8 Å². The third-order valence-corrected chi connectivity index (χ3v) is 6.90. The third kappa shape index (κ3) is 6.57. The Hall–Kier alpha value is -3.92.